The molecular weight excluding hydrogens is 442 g/mol. The van der Waals surface area contributed by atoms with Gasteiger partial charge in [-0.1, -0.05) is 23.7 Å². The van der Waals surface area contributed by atoms with E-state index in [0.717, 1.165) is 5.56 Å². The van der Waals surface area contributed by atoms with Crippen LogP contribution in [-0.2, 0) is 21.3 Å². The van der Waals surface area contributed by atoms with E-state index >= 15 is 0 Å². The third-order valence-electron chi connectivity index (χ3n) is 5.03. The number of nitrogens with zero attached hydrogens (tertiary/aromatic N) is 2. The van der Waals surface area contributed by atoms with Gasteiger partial charge >= 0.3 is 5.97 Å². The van der Waals surface area contributed by atoms with E-state index in [1.54, 1.807) is 24.3 Å². The maximum absolute atomic E-state index is 12.7. The van der Waals surface area contributed by atoms with Crippen LogP contribution in [0.5, 0.6) is 0 Å². The molecule has 1 N–H and O–H groups in total. The van der Waals surface area contributed by atoms with Gasteiger partial charge in [0.15, 0.2) is 0 Å². The van der Waals surface area contributed by atoms with Crippen LogP contribution in [0, 0.1) is 0 Å². The van der Waals surface area contributed by atoms with Crippen LogP contribution >= 0.6 is 11.6 Å². The zero-order valence-electron chi connectivity index (χ0n) is 17.3. The van der Waals surface area contributed by atoms with Crippen molar-refractivity contribution in [2.45, 2.75) is 6.54 Å². The predicted octanol–water partition coefficient (Wildman–Crippen LogP) is 2.46. The number of sulfonamides is 1. The molecule has 0 spiro atoms. The second-order valence-corrected chi connectivity index (χ2v) is 9.67. The topological polar surface area (TPSA) is 96.0 Å². The SMILES string of the molecule is COC(=O)c1cc(NC(=O)c2cccc(CN3CCN(S(C)(=O)=O)CC3)c2)ccc1Cl. The van der Waals surface area contributed by atoms with Crippen LogP contribution < -0.4 is 5.32 Å². The smallest absolute Gasteiger partial charge is 0.339 e. The van der Waals surface area contributed by atoms with Gasteiger partial charge in [0.25, 0.3) is 5.91 Å². The first-order chi connectivity index (χ1) is 14.7. The Hall–Kier alpha value is -2.46. The van der Waals surface area contributed by atoms with Crippen LogP contribution in [0.3, 0.4) is 0 Å². The van der Waals surface area contributed by atoms with Crippen molar-refractivity contribution >= 4 is 39.2 Å². The molecule has 0 saturated carbocycles. The lowest BCUT2D eigenvalue weighted by atomic mass is 10.1. The van der Waals surface area contributed by atoms with E-state index in [9.17, 15) is 18.0 Å². The van der Waals surface area contributed by atoms with Crippen LogP contribution in [0.25, 0.3) is 0 Å². The fourth-order valence-corrected chi connectivity index (χ4v) is 4.38. The molecule has 2 aromatic rings. The lowest BCUT2D eigenvalue weighted by Gasteiger charge is -2.33. The molecule has 0 atom stereocenters. The molecule has 1 aliphatic heterocycles. The first-order valence-corrected chi connectivity index (χ1v) is 11.9. The Morgan fingerprint density at radius 1 is 1.10 bits per heavy atom. The molecule has 1 saturated heterocycles. The van der Waals surface area contributed by atoms with Crippen LogP contribution in [0.2, 0.25) is 5.02 Å². The largest absolute Gasteiger partial charge is 0.465 e. The van der Waals surface area contributed by atoms with E-state index in [4.69, 9.17) is 16.3 Å². The number of carbonyl (C=O) groups is 2. The summed E-state index contributed by atoms with van der Waals surface area (Å²) in [4.78, 5) is 26.6. The number of ether oxygens (including phenoxy) is 1. The number of amides is 1. The summed E-state index contributed by atoms with van der Waals surface area (Å²) in [6, 6.07) is 11.8. The Morgan fingerprint density at radius 2 is 1.81 bits per heavy atom. The minimum absolute atomic E-state index is 0.170. The molecule has 0 radical (unpaired) electrons. The summed E-state index contributed by atoms with van der Waals surface area (Å²) in [5.74, 6) is -0.902. The molecule has 10 heteroatoms. The molecule has 0 aliphatic carbocycles. The Labute approximate surface area is 186 Å². The Kier molecular flexibility index (Phi) is 7.32. The first-order valence-electron chi connectivity index (χ1n) is 9.63. The van der Waals surface area contributed by atoms with Crippen molar-refractivity contribution in [2.75, 3.05) is 44.9 Å². The number of methoxy groups -OCH3 is 1. The molecule has 1 heterocycles. The average molecular weight is 466 g/mol. The van der Waals surface area contributed by atoms with E-state index in [1.807, 2.05) is 6.07 Å². The molecule has 31 heavy (non-hydrogen) atoms. The van der Waals surface area contributed by atoms with Gasteiger partial charge in [-0.2, -0.15) is 4.31 Å². The number of esters is 1. The van der Waals surface area contributed by atoms with Gasteiger partial charge in [-0.3, -0.25) is 9.69 Å². The fourth-order valence-electron chi connectivity index (χ4n) is 3.36. The third-order valence-corrected chi connectivity index (χ3v) is 6.66. The molecule has 1 aliphatic rings. The molecule has 0 bridgehead atoms. The van der Waals surface area contributed by atoms with Crippen molar-refractivity contribution in [3.63, 3.8) is 0 Å². The lowest BCUT2D eigenvalue weighted by molar-refractivity contribution is 0.0600. The second-order valence-electron chi connectivity index (χ2n) is 7.28. The predicted molar refractivity (Wildman–Crippen MR) is 119 cm³/mol. The molecule has 0 aromatic heterocycles. The molecule has 8 nitrogen and oxygen atoms in total. The summed E-state index contributed by atoms with van der Waals surface area (Å²) in [5.41, 5.74) is 2.02. The Balaban J connectivity index is 1.65. The summed E-state index contributed by atoms with van der Waals surface area (Å²) in [5, 5.41) is 3.00. The van der Waals surface area contributed by atoms with Crippen LogP contribution in [0.15, 0.2) is 42.5 Å². The van der Waals surface area contributed by atoms with E-state index in [2.05, 4.69) is 10.2 Å². The van der Waals surface area contributed by atoms with Crippen LogP contribution in [0.1, 0.15) is 26.3 Å². The van der Waals surface area contributed by atoms with Gasteiger partial charge < -0.3 is 10.1 Å². The molecular formula is C21H24ClN3O5S. The van der Waals surface area contributed by atoms with Crippen molar-refractivity contribution in [1.29, 1.82) is 0 Å². The summed E-state index contributed by atoms with van der Waals surface area (Å²) in [7, 11) is -1.91. The highest BCUT2D eigenvalue weighted by Crippen LogP contribution is 2.22. The van der Waals surface area contributed by atoms with Gasteiger partial charge in [-0.15, -0.1) is 0 Å². The van der Waals surface area contributed by atoms with Gasteiger partial charge in [0.1, 0.15) is 0 Å². The lowest BCUT2D eigenvalue weighted by Crippen LogP contribution is -2.47. The quantitative estimate of drug-likeness (QED) is 0.658. The highest BCUT2D eigenvalue weighted by molar-refractivity contribution is 7.88. The van der Waals surface area contributed by atoms with Gasteiger partial charge in [-0.05, 0) is 35.9 Å². The average Bonchev–Trinajstić information content (AvgIpc) is 2.74. The fraction of sp³-hybridized carbons (Fsp3) is 0.333. The third kappa shape index (κ3) is 6.04. The number of halogens is 1. The molecule has 2 aromatic carbocycles. The van der Waals surface area contributed by atoms with Crippen molar-refractivity contribution in [3.8, 4) is 0 Å². The number of hydrogen-bond acceptors (Lipinski definition) is 6. The molecule has 166 valence electrons. The van der Waals surface area contributed by atoms with E-state index in [1.165, 1.54) is 29.8 Å². The number of rotatable bonds is 6. The second kappa shape index (κ2) is 9.78. The number of benzene rings is 2. The molecule has 1 fully saturated rings. The van der Waals surface area contributed by atoms with Crippen LogP contribution in [-0.4, -0.2) is 69.0 Å². The summed E-state index contributed by atoms with van der Waals surface area (Å²) < 4.78 is 29.5. The minimum Gasteiger partial charge on any atom is -0.465 e. The number of nitrogens with one attached hydrogen (secondary N) is 1. The number of anilines is 1. The van der Waals surface area contributed by atoms with Gasteiger partial charge in [0.2, 0.25) is 10.0 Å². The van der Waals surface area contributed by atoms with Crippen molar-refractivity contribution in [2.24, 2.45) is 0 Å². The van der Waals surface area contributed by atoms with Crippen molar-refractivity contribution < 1.29 is 22.7 Å². The maximum atomic E-state index is 12.7. The van der Waals surface area contributed by atoms with Gasteiger partial charge in [-0.25, -0.2) is 13.2 Å². The summed E-state index contributed by atoms with van der Waals surface area (Å²) in [6.45, 7) is 2.79. The highest BCUT2D eigenvalue weighted by Gasteiger charge is 2.23. The number of hydrogen-bond donors (Lipinski definition) is 1. The molecule has 1 amide bonds. The number of carbonyl (C=O) groups excluding carboxylic acids is 2. The van der Waals surface area contributed by atoms with Crippen molar-refractivity contribution in [1.82, 2.24) is 9.21 Å². The maximum Gasteiger partial charge on any atom is 0.339 e. The zero-order chi connectivity index (χ0) is 22.6. The highest BCUT2D eigenvalue weighted by atomic mass is 35.5. The van der Waals surface area contributed by atoms with Crippen LogP contribution in [0.4, 0.5) is 5.69 Å². The minimum atomic E-state index is -3.17. The standard InChI is InChI=1S/C21H24ClN3O5S/c1-30-21(27)18-13-17(6-7-19(18)22)23-20(26)16-5-3-4-15(12-16)14-24-8-10-25(11-9-24)31(2,28)29/h3-7,12-13H,8-11,14H2,1-2H3,(H,23,26). The van der Waals surface area contributed by atoms with E-state index in [-0.39, 0.29) is 16.5 Å². The molecule has 3 rings (SSSR count). The zero-order valence-corrected chi connectivity index (χ0v) is 18.9. The normalized spacial score (nSPS) is 15.5. The summed E-state index contributed by atoms with van der Waals surface area (Å²) >= 11 is 6.02. The van der Waals surface area contributed by atoms with Gasteiger partial charge in [0, 0.05) is 44.0 Å². The molecule has 0 unspecified atom stereocenters. The van der Waals surface area contributed by atoms with E-state index in [0.29, 0.717) is 44.0 Å². The summed E-state index contributed by atoms with van der Waals surface area (Å²) in [6.07, 6.45) is 1.22. The Morgan fingerprint density at radius 3 is 2.45 bits per heavy atom. The first kappa shape index (κ1) is 23.2. The van der Waals surface area contributed by atoms with E-state index < -0.39 is 16.0 Å². The number of piperazine rings is 1. The Bertz CT molecular complexity index is 1080. The van der Waals surface area contributed by atoms with Crippen molar-refractivity contribution in [3.05, 3.63) is 64.2 Å². The van der Waals surface area contributed by atoms with Gasteiger partial charge in [0.05, 0.1) is 24.0 Å². The monoisotopic (exact) mass is 465 g/mol.